The Morgan fingerprint density at radius 1 is 0.520 bits per heavy atom. The Morgan fingerprint density at radius 3 is 1.24 bits per heavy atom. The summed E-state index contributed by atoms with van der Waals surface area (Å²) in [6, 6.07) is 0. The minimum absolute atomic E-state index is 0.0953. The summed E-state index contributed by atoms with van der Waals surface area (Å²) in [5, 5.41) is 9.63. The summed E-state index contributed by atoms with van der Waals surface area (Å²) in [6.07, 6.45) is 23.8. The van der Waals surface area contributed by atoms with Gasteiger partial charge in [-0.05, 0) is 88.5 Å². The maximum absolute atomic E-state index is 12.3. The van der Waals surface area contributed by atoms with Crippen molar-refractivity contribution in [2.24, 2.45) is 0 Å². The molecule has 0 radical (unpaired) electrons. The van der Waals surface area contributed by atoms with Crippen LogP contribution in [0.25, 0.3) is 0 Å². The van der Waals surface area contributed by atoms with Crippen LogP contribution in [0.2, 0.25) is 0 Å². The van der Waals surface area contributed by atoms with E-state index in [-0.39, 0.29) is 25.2 Å². The van der Waals surface area contributed by atoms with Crippen LogP contribution in [-0.2, 0) is 44.7 Å². The predicted octanol–water partition coefficient (Wildman–Crippen LogP) is 11.3. The van der Waals surface area contributed by atoms with E-state index in [1.54, 1.807) is 0 Å². The second-order valence-corrected chi connectivity index (χ2v) is 14.5. The number of esters is 2. The smallest absolute Gasteiger partial charge is 0.306 e. The molecule has 7 nitrogen and oxygen atoms in total. The largest absolute Gasteiger partial charge is 0.466 e. The standard InChI is InChI=1S/C43H72O7/c1-7-9-19-25-38-33(3)35(5)40(49-38)27-21-15-11-13-17-23-29-42(45)47-32-37(31-44)48-43(46)30-24-18-14-12-16-22-28-41-36(6)34(4)39(50-41)26-20-10-8-2/h37,44H,7-32H2,1-6H3/t37-/m0/s1. The molecule has 0 fully saturated rings. The monoisotopic (exact) mass is 701 g/mol. The molecule has 0 aromatic carbocycles. The van der Waals surface area contributed by atoms with Crippen molar-refractivity contribution >= 4 is 11.9 Å². The molecule has 0 aliphatic carbocycles. The Balaban J connectivity index is 1.45. The van der Waals surface area contributed by atoms with Crippen LogP contribution in [-0.4, -0.2) is 36.4 Å². The molecule has 2 heterocycles. The zero-order valence-electron chi connectivity index (χ0n) is 32.9. The minimum Gasteiger partial charge on any atom is -0.466 e. The van der Waals surface area contributed by atoms with E-state index in [0.29, 0.717) is 12.8 Å². The topological polar surface area (TPSA) is 99.1 Å². The second-order valence-electron chi connectivity index (χ2n) is 14.5. The van der Waals surface area contributed by atoms with E-state index in [4.69, 9.17) is 18.3 Å². The lowest BCUT2D eigenvalue weighted by Crippen LogP contribution is -2.28. The van der Waals surface area contributed by atoms with Gasteiger partial charge >= 0.3 is 11.9 Å². The van der Waals surface area contributed by atoms with Gasteiger partial charge < -0.3 is 23.4 Å². The molecule has 1 N–H and O–H groups in total. The summed E-state index contributed by atoms with van der Waals surface area (Å²) >= 11 is 0. The van der Waals surface area contributed by atoms with Crippen LogP contribution in [0, 0.1) is 27.7 Å². The van der Waals surface area contributed by atoms with Crippen LogP contribution in [0.3, 0.4) is 0 Å². The Labute approximate surface area is 304 Å². The molecule has 0 saturated carbocycles. The van der Waals surface area contributed by atoms with Crippen molar-refractivity contribution in [3.63, 3.8) is 0 Å². The molecule has 286 valence electrons. The SMILES string of the molecule is CCCCCc1oc(CCCCCCCCC(=O)OC[C@H](CO)OC(=O)CCCCCCCCc2oc(CCCCC)c(C)c2C)c(C)c1C. The average Bonchev–Trinajstić information content (AvgIpc) is 3.53. The fraction of sp³-hybridized carbons (Fsp3) is 0.767. The van der Waals surface area contributed by atoms with E-state index in [1.165, 1.54) is 72.3 Å². The van der Waals surface area contributed by atoms with Gasteiger partial charge in [-0.1, -0.05) is 90.9 Å². The Kier molecular flexibility index (Phi) is 22.9. The molecule has 0 bridgehead atoms. The third-order valence-corrected chi connectivity index (χ3v) is 10.3. The van der Waals surface area contributed by atoms with Gasteiger partial charge in [0.25, 0.3) is 0 Å². The molecule has 0 amide bonds. The molecule has 0 saturated heterocycles. The summed E-state index contributed by atoms with van der Waals surface area (Å²) in [4.78, 5) is 24.5. The number of hydrogen-bond donors (Lipinski definition) is 1. The summed E-state index contributed by atoms with van der Waals surface area (Å²) in [6.45, 7) is 12.7. The molecule has 2 aromatic heterocycles. The lowest BCUT2D eigenvalue weighted by molar-refractivity contribution is -0.161. The van der Waals surface area contributed by atoms with Gasteiger partial charge in [0.2, 0.25) is 0 Å². The summed E-state index contributed by atoms with van der Waals surface area (Å²) in [5.41, 5.74) is 5.30. The van der Waals surface area contributed by atoms with E-state index in [9.17, 15) is 14.7 Å². The highest BCUT2D eigenvalue weighted by Crippen LogP contribution is 2.26. The number of aryl methyl sites for hydroxylation is 4. The normalized spacial score (nSPS) is 12.1. The molecule has 50 heavy (non-hydrogen) atoms. The number of unbranched alkanes of at least 4 members (excludes halogenated alkanes) is 14. The van der Waals surface area contributed by atoms with Crippen LogP contribution in [0.15, 0.2) is 8.83 Å². The second kappa shape index (κ2) is 26.3. The highest BCUT2D eigenvalue weighted by atomic mass is 16.6. The molecule has 0 aliphatic heterocycles. The van der Waals surface area contributed by atoms with Gasteiger partial charge in [0.15, 0.2) is 6.10 Å². The predicted molar refractivity (Wildman–Crippen MR) is 203 cm³/mol. The lowest BCUT2D eigenvalue weighted by Gasteiger charge is -2.15. The van der Waals surface area contributed by atoms with E-state index in [1.807, 2.05) is 0 Å². The number of ether oxygens (including phenoxy) is 2. The quantitative estimate of drug-likeness (QED) is 0.0639. The summed E-state index contributed by atoms with van der Waals surface area (Å²) in [5.74, 6) is 4.01. The van der Waals surface area contributed by atoms with Crippen molar-refractivity contribution < 1.29 is 33.0 Å². The van der Waals surface area contributed by atoms with Crippen molar-refractivity contribution in [1.29, 1.82) is 0 Å². The Morgan fingerprint density at radius 2 is 0.860 bits per heavy atom. The third-order valence-electron chi connectivity index (χ3n) is 10.3. The van der Waals surface area contributed by atoms with Crippen molar-refractivity contribution in [2.75, 3.05) is 13.2 Å². The van der Waals surface area contributed by atoms with Gasteiger partial charge in [-0.2, -0.15) is 0 Å². The van der Waals surface area contributed by atoms with Crippen LogP contribution >= 0.6 is 0 Å². The van der Waals surface area contributed by atoms with Crippen molar-refractivity contribution in [3.05, 3.63) is 45.3 Å². The first kappa shape index (κ1) is 43.6. The fourth-order valence-electron chi connectivity index (χ4n) is 6.62. The van der Waals surface area contributed by atoms with E-state index in [2.05, 4.69) is 41.5 Å². The molecule has 1 atom stereocenters. The van der Waals surface area contributed by atoms with E-state index in [0.717, 1.165) is 114 Å². The first-order valence-electron chi connectivity index (χ1n) is 20.3. The van der Waals surface area contributed by atoms with Crippen molar-refractivity contribution in [2.45, 2.75) is 202 Å². The fourth-order valence-corrected chi connectivity index (χ4v) is 6.62. The average molecular weight is 701 g/mol. The molecule has 2 aromatic rings. The van der Waals surface area contributed by atoms with Crippen LogP contribution < -0.4 is 0 Å². The number of furan rings is 2. The van der Waals surface area contributed by atoms with Crippen LogP contribution in [0.4, 0.5) is 0 Å². The number of carbonyl (C=O) groups excluding carboxylic acids is 2. The van der Waals surface area contributed by atoms with E-state index >= 15 is 0 Å². The number of hydrogen-bond acceptors (Lipinski definition) is 7. The van der Waals surface area contributed by atoms with Gasteiger partial charge in [-0.25, -0.2) is 0 Å². The van der Waals surface area contributed by atoms with Gasteiger partial charge in [0, 0.05) is 38.5 Å². The van der Waals surface area contributed by atoms with Gasteiger partial charge in [0.1, 0.15) is 29.6 Å². The molecule has 0 unspecified atom stereocenters. The highest BCUT2D eigenvalue weighted by molar-refractivity contribution is 5.70. The Bertz CT molecular complexity index is 1210. The molecule has 2 rings (SSSR count). The first-order valence-corrected chi connectivity index (χ1v) is 20.3. The minimum atomic E-state index is -0.804. The number of aliphatic hydroxyl groups excluding tert-OH is 1. The highest BCUT2D eigenvalue weighted by Gasteiger charge is 2.17. The molecular weight excluding hydrogens is 628 g/mol. The summed E-state index contributed by atoms with van der Waals surface area (Å²) < 4.78 is 23.1. The van der Waals surface area contributed by atoms with Gasteiger partial charge in [-0.15, -0.1) is 0 Å². The van der Waals surface area contributed by atoms with Crippen molar-refractivity contribution in [1.82, 2.24) is 0 Å². The molecular formula is C43H72O7. The van der Waals surface area contributed by atoms with E-state index < -0.39 is 6.10 Å². The molecule has 7 heteroatoms. The molecule has 0 spiro atoms. The zero-order valence-corrected chi connectivity index (χ0v) is 32.9. The number of carbonyl (C=O) groups is 2. The van der Waals surface area contributed by atoms with Gasteiger partial charge in [0.05, 0.1) is 6.61 Å². The molecule has 0 aliphatic rings. The maximum Gasteiger partial charge on any atom is 0.306 e. The zero-order chi connectivity index (χ0) is 36.6. The number of aliphatic hydroxyl groups is 1. The Hall–Kier alpha value is -2.54. The third kappa shape index (κ3) is 17.1. The lowest BCUT2D eigenvalue weighted by atomic mass is 10.0. The number of rotatable bonds is 30. The van der Waals surface area contributed by atoms with Crippen molar-refractivity contribution in [3.8, 4) is 0 Å². The summed E-state index contributed by atoms with van der Waals surface area (Å²) in [7, 11) is 0. The van der Waals surface area contributed by atoms with Gasteiger partial charge in [-0.3, -0.25) is 9.59 Å². The van der Waals surface area contributed by atoms with Crippen LogP contribution in [0.5, 0.6) is 0 Å². The maximum atomic E-state index is 12.3. The van der Waals surface area contributed by atoms with Crippen LogP contribution in [0.1, 0.15) is 188 Å². The first-order chi connectivity index (χ1) is 24.2.